The van der Waals surface area contributed by atoms with Gasteiger partial charge in [0.2, 0.25) is 39.6 Å². The molecule has 2 saturated heterocycles. The van der Waals surface area contributed by atoms with Gasteiger partial charge in [0.1, 0.15) is 11.6 Å². The van der Waals surface area contributed by atoms with Crippen molar-refractivity contribution in [2.75, 3.05) is 47.5 Å². The molecule has 3 N–H and O–H groups in total. The van der Waals surface area contributed by atoms with Gasteiger partial charge < -0.3 is 25.3 Å². The number of para-hydroxylation sites is 1. The highest BCUT2D eigenvalue weighted by atomic mass is 32.2. The van der Waals surface area contributed by atoms with Gasteiger partial charge >= 0.3 is 6.18 Å². The minimum atomic E-state index is -4.82. The Morgan fingerprint density at radius 1 is 0.892 bits per heavy atom. The fourth-order valence-electron chi connectivity index (χ4n) is 8.47. The third-order valence-electron chi connectivity index (χ3n) is 12.0. The number of benzene rings is 3. The van der Waals surface area contributed by atoms with Crippen LogP contribution in [0.15, 0.2) is 79.1 Å². The lowest BCUT2D eigenvalue weighted by molar-refractivity contribution is -0.138. The first-order valence-corrected chi connectivity index (χ1v) is 23.0. The highest BCUT2D eigenvalue weighted by Crippen LogP contribution is 2.40. The third kappa shape index (κ3) is 9.52. The Morgan fingerprint density at radius 3 is 2.35 bits per heavy atom. The van der Waals surface area contributed by atoms with Gasteiger partial charge in [-0.25, -0.2) is 22.4 Å². The van der Waals surface area contributed by atoms with Crippen molar-refractivity contribution >= 4 is 73.5 Å². The van der Waals surface area contributed by atoms with Gasteiger partial charge in [-0.3, -0.25) is 29.3 Å². The number of carbonyl (C=O) groups excluding carboxylic acids is 5. The minimum Gasteiger partial charge on any atom is -0.368 e. The first-order chi connectivity index (χ1) is 31.1. The monoisotopic (exact) mass is 913 g/mol. The van der Waals surface area contributed by atoms with E-state index in [2.05, 4.69) is 30.8 Å². The molecule has 5 aromatic rings. The van der Waals surface area contributed by atoms with Crippen LogP contribution in [0.25, 0.3) is 22.2 Å². The molecule has 0 bridgehead atoms. The van der Waals surface area contributed by atoms with Gasteiger partial charge in [-0.2, -0.15) is 13.2 Å². The molecule has 3 aliphatic rings. The van der Waals surface area contributed by atoms with E-state index < -0.39 is 39.4 Å². The number of anilines is 4. The number of piperazine rings is 1. The molecule has 2 fully saturated rings. The maximum atomic E-state index is 14.3. The zero-order chi connectivity index (χ0) is 46.0. The van der Waals surface area contributed by atoms with Crippen LogP contribution >= 0.6 is 0 Å². The van der Waals surface area contributed by atoms with E-state index in [1.54, 1.807) is 48.5 Å². The molecule has 3 aliphatic heterocycles. The van der Waals surface area contributed by atoms with Crippen LogP contribution in [0, 0.1) is 0 Å². The van der Waals surface area contributed by atoms with Crippen molar-refractivity contribution in [2.24, 2.45) is 0 Å². The number of aromatic nitrogens is 3. The van der Waals surface area contributed by atoms with Crippen LogP contribution < -0.4 is 20.9 Å². The van der Waals surface area contributed by atoms with Gasteiger partial charge in [-0.15, -0.1) is 0 Å². The summed E-state index contributed by atoms with van der Waals surface area (Å²) < 4.78 is 69.5. The van der Waals surface area contributed by atoms with Gasteiger partial charge in [-0.05, 0) is 68.7 Å². The van der Waals surface area contributed by atoms with Crippen molar-refractivity contribution in [1.29, 1.82) is 0 Å². The molecular formula is C45H46F3N9O7S. The van der Waals surface area contributed by atoms with Crippen molar-refractivity contribution in [2.45, 2.75) is 70.6 Å². The van der Waals surface area contributed by atoms with Crippen molar-refractivity contribution in [3.8, 4) is 11.3 Å². The summed E-state index contributed by atoms with van der Waals surface area (Å²) in [6, 6.07) is 17.8. The number of nitrogens with one attached hydrogen (secondary N) is 3. The Balaban J connectivity index is 0.798. The van der Waals surface area contributed by atoms with E-state index >= 15 is 0 Å². The first kappa shape index (κ1) is 44.8. The Kier molecular flexibility index (Phi) is 12.6. The van der Waals surface area contributed by atoms with E-state index in [4.69, 9.17) is 0 Å². The van der Waals surface area contributed by atoms with Crippen LogP contribution in [0.5, 0.6) is 0 Å². The highest BCUT2D eigenvalue weighted by Gasteiger charge is 2.40. The molecule has 3 aromatic carbocycles. The summed E-state index contributed by atoms with van der Waals surface area (Å²) in [5.74, 6) is -1.74. The average Bonchev–Trinajstić information content (AvgIpc) is 3.85. The number of alkyl halides is 3. The van der Waals surface area contributed by atoms with E-state index in [9.17, 15) is 45.6 Å². The van der Waals surface area contributed by atoms with Crippen molar-refractivity contribution in [3.05, 3.63) is 95.8 Å². The number of nitrogens with zero attached hydrogens (tertiary/aromatic N) is 6. The number of halogens is 3. The molecule has 5 amide bonds. The molecule has 0 spiro atoms. The SMILES string of the molecule is CCS(=O)(=O)n1cc(-c2nc(Nc3ccc(N4CCN(C(=O)CCCCCC(=O)Nc5cccc6c5CN(C5CCC(=O)NC5=O)C6=O)CC4)cc3)ncc2C(F)(F)F)c2ccccc21. The predicted molar refractivity (Wildman–Crippen MR) is 236 cm³/mol. The second kappa shape index (κ2) is 18.3. The molecule has 1 unspecified atom stereocenters. The maximum Gasteiger partial charge on any atom is 0.419 e. The summed E-state index contributed by atoms with van der Waals surface area (Å²) in [6.45, 7) is 3.82. The summed E-state index contributed by atoms with van der Waals surface area (Å²) >= 11 is 0. The molecule has 5 heterocycles. The molecule has 16 nitrogen and oxygen atoms in total. The number of hydrogen-bond acceptors (Lipinski definition) is 11. The Morgan fingerprint density at radius 2 is 1.63 bits per heavy atom. The molecule has 0 saturated carbocycles. The van der Waals surface area contributed by atoms with Crippen LogP contribution in [0.2, 0.25) is 0 Å². The molecule has 1 atom stereocenters. The predicted octanol–water partition coefficient (Wildman–Crippen LogP) is 6.06. The third-order valence-corrected chi connectivity index (χ3v) is 13.6. The number of hydrogen-bond donors (Lipinski definition) is 3. The van der Waals surface area contributed by atoms with E-state index in [0.29, 0.717) is 85.9 Å². The van der Waals surface area contributed by atoms with Crippen LogP contribution in [0.1, 0.15) is 73.4 Å². The molecule has 0 aliphatic carbocycles. The van der Waals surface area contributed by atoms with Gasteiger partial charge in [0.05, 0.1) is 17.0 Å². The number of unbranched alkanes of at least 4 members (excludes halogenated alkanes) is 2. The Hall–Kier alpha value is -6.83. The minimum absolute atomic E-state index is 0.000535. The van der Waals surface area contributed by atoms with Gasteiger partial charge in [0.15, 0.2) is 0 Å². The normalized spacial score (nSPS) is 16.8. The summed E-state index contributed by atoms with van der Waals surface area (Å²) in [5.41, 5.74) is 1.62. The van der Waals surface area contributed by atoms with Crippen LogP contribution in [0.3, 0.4) is 0 Å². The second-order valence-electron chi connectivity index (χ2n) is 16.1. The van der Waals surface area contributed by atoms with Crippen molar-refractivity contribution in [1.82, 2.24) is 29.1 Å². The molecule has 8 rings (SSSR count). The zero-order valence-electron chi connectivity index (χ0n) is 35.4. The molecule has 2 aromatic heterocycles. The maximum absolute atomic E-state index is 14.3. The molecule has 340 valence electrons. The lowest BCUT2D eigenvalue weighted by Crippen LogP contribution is -2.52. The van der Waals surface area contributed by atoms with Crippen LogP contribution in [-0.4, -0.2) is 99.7 Å². The van der Waals surface area contributed by atoms with Crippen LogP contribution in [-0.2, 0) is 41.9 Å². The summed E-state index contributed by atoms with van der Waals surface area (Å²) in [7, 11) is -3.84. The summed E-state index contributed by atoms with van der Waals surface area (Å²) in [6.07, 6.45) is -0.142. The molecule has 0 radical (unpaired) electrons. The molecule has 20 heteroatoms. The Bertz CT molecular complexity index is 2790. The fourth-order valence-corrected chi connectivity index (χ4v) is 9.48. The number of carbonyl (C=O) groups is 5. The van der Waals surface area contributed by atoms with E-state index in [0.717, 1.165) is 9.66 Å². The van der Waals surface area contributed by atoms with Crippen molar-refractivity contribution < 1.29 is 45.6 Å². The van der Waals surface area contributed by atoms with E-state index in [1.165, 1.54) is 24.1 Å². The number of imide groups is 1. The second-order valence-corrected chi connectivity index (χ2v) is 18.2. The first-order valence-electron chi connectivity index (χ1n) is 21.4. The van der Waals surface area contributed by atoms with Crippen LogP contribution in [0.4, 0.5) is 36.2 Å². The largest absolute Gasteiger partial charge is 0.419 e. The van der Waals surface area contributed by atoms with Gasteiger partial charge in [0.25, 0.3) is 5.91 Å². The number of rotatable bonds is 14. The standard InChI is InChI=1S/C45H46F3N9O7S/c1-2-65(63,64)57-27-33(30-9-6-7-12-36(30)57)41-34(45(46,47)48)25-49-44(53-41)50-28-15-17-29(18-16-28)54-21-23-55(24-22-54)40(60)14-5-3-4-13-38(58)51-35-11-8-10-31-32(35)26-56(43(31)62)37-19-20-39(59)52-42(37)61/h6-12,15-18,25,27,37H,2-5,13-14,19-24,26H2,1H3,(H,51,58)(H,49,50,53)(H,52,59,61). The van der Waals surface area contributed by atoms with E-state index in [-0.39, 0.29) is 72.2 Å². The number of fused-ring (bicyclic) bond motifs is 2. The topological polar surface area (TPSA) is 196 Å². The summed E-state index contributed by atoms with van der Waals surface area (Å²) in [5, 5.41) is 8.45. The zero-order valence-corrected chi connectivity index (χ0v) is 36.2. The lowest BCUT2D eigenvalue weighted by atomic mass is 10.0. The van der Waals surface area contributed by atoms with Gasteiger partial charge in [0, 0.05) is 104 Å². The van der Waals surface area contributed by atoms with Gasteiger partial charge in [-0.1, -0.05) is 30.7 Å². The summed E-state index contributed by atoms with van der Waals surface area (Å²) in [4.78, 5) is 76.7. The molecule has 65 heavy (non-hydrogen) atoms. The highest BCUT2D eigenvalue weighted by molar-refractivity contribution is 7.90. The quantitative estimate of drug-likeness (QED) is 0.0866. The molecular weight excluding hydrogens is 868 g/mol. The number of amides is 5. The van der Waals surface area contributed by atoms with E-state index in [1.807, 2.05) is 17.0 Å². The fraction of sp³-hybridized carbons (Fsp3) is 0.356. The number of piperidine rings is 1. The smallest absolute Gasteiger partial charge is 0.368 e. The Labute approximate surface area is 372 Å². The lowest BCUT2D eigenvalue weighted by Gasteiger charge is -2.36. The van der Waals surface area contributed by atoms with Crippen molar-refractivity contribution in [3.63, 3.8) is 0 Å². The average molecular weight is 914 g/mol.